The zero-order valence-electron chi connectivity index (χ0n) is 57.9. The van der Waals surface area contributed by atoms with E-state index in [9.17, 15) is 50.3 Å². The van der Waals surface area contributed by atoms with Crippen molar-refractivity contribution in [3.05, 3.63) is 189 Å². The van der Waals surface area contributed by atoms with Gasteiger partial charge in [-0.3, -0.25) is 25.0 Å². The molecule has 3 aliphatic heterocycles. The summed E-state index contributed by atoms with van der Waals surface area (Å²) in [6, 6.07) is 39.2. The molecule has 0 saturated carbocycles. The summed E-state index contributed by atoms with van der Waals surface area (Å²) < 4.78 is 108. The van der Waals surface area contributed by atoms with Crippen molar-refractivity contribution in [1.82, 2.24) is 29.4 Å². The number of likely N-dealkylation sites (N-methyl/N-ethyl adjacent to an activating group) is 2. The maximum atomic E-state index is 14.0. The molecule has 0 bridgehead atoms. The predicted molar refractivity (Wildman–Crippen MR) is 380 cm³/mol. The van der Waals surface area contributed by atoms with E-state index in [0.717, 1.165) is 87.1 Å². The first-order valence-corrected chi connectivity index (χ1v) is 35.7. The van der Waals surface area contributed by atoms with Crippen molar-refractivity contribution in [2.24, 2.45) is 0 Å². The number of morpholine rings is 1. The highest BCUT2D eigenvalue weighted by Gasteiger charge is 2.50. The summed E-state index contributed by atoms with van der Waals surface area (Å²) in [5, 5.41) is 6.18. The second-order valence-corrected chi connectivity index (χ2v) is 28.0. The summed E-state index contributed by atoms with van der Waals surface area (Å²) in [5.41, 5.74) is 1.62. The van der Waals surface area contributed by atoms with Gasteiger partial charge in [-0.2, -0.15) is 26.3 Å². The Kier molecular flexibility index (Phi) is 26.5. The van der Waals surface area contributed by atoms with E-state index in [2.05, 4.69) is 44.5 Å². The molecule has 6 aromatic carbocycles. The average molecular weight is 1460 g/mol. The van der Waals surface area contributed by atoms with Gasteiger partial charge in [-0.15, -0.1) is 0 Å². The van der Waals surface area contributed by atoms with E-state index >= 15 is 0 Å². The van der Waals surface area contributed by atoms with E-state index in [1.807, 2.05) is 103 Å². The maximum Gasteiger partial charge on any atom is 0.416 e. The number of rotatable bonds is 28. The molecule has 6 aromatic rings. The summed E-state index contributed by atoms with van der Waals surface area (Å²) in [7, 11) is 5.65. The smallest absolute Gasteiger partial charge is 0.416 e. The van der Waals surface area contributed by atoms with Gasteiger partial charge in [-0.05, 0) is 167 Å². The summed E-state index contributed by atoms with van der Waals surface area (Å²) in [5.74, 6) is -1.05. The van der Waals surface area contributed by atoms with Crippen LogP contribution in [0.2, 0.25) is 10.0 Å². The fourth-order valence-corrected chi connectivity index (χ4v) is 14.5. The lowest BCUT2D eigenvalue weighted by molar-refractivity contribution is -0.143. The Morgan fingerprint density at radius 3 is 2.03 bits per heavy atom. The molecule has 4 aliphatic rings. The Morgan fingerprint density at radius 2 is 1.31 bits per heavy atom. The van der Waals surface area contributed by atoms with Crippen molar-refractivity contribution >= 4 is 64.5 Å². The van der Waals surface area contributed by atoms with Crippen LogP contribution in [0.1, 0.15) is 114 Å². The standard InChI is InChI=1S/C77H90Cl2F6N8O9/c1-88(34-13-5-8-22-69(94)90(3)41-42-91-36-29-62(30-37-91)102-73(98)87-67-21-12-10-19-63(67)55-16-6-4-7-17-55)51-54-23-26-61(27-24-54)86-72(97)99-44-15-14-35-89(2)70(95)52-100-68-48-56-18-9-11-20-64(56)74(68)31-38-92(39-32-74)40-33-75(58-25-28-65(78)66(79)50-58)53-93(43-45-101-75)71(96)57-46-59(76(80,81)82)49-60(47-57)77(83,84)85/h4,6-7,9-12,16-21,23-28,46-47,49-50,62,68H,5,8,13-15,22,29-45,48,51-53H2,1-3H3,(H,86,97)(H,87,98)/t68-,75+/m0/s1. The van der Waals surface area contributed by atoms with Crippen LogP contribution in [0.25, 0.3) is 11.1 Å². The minimum atomic E-state index is -5.14. The number of ether oxygens (including phenoxy) is 4. The third-order valence-corrected chi connectivity index (χ3v) is 20.9. The van der Waals surface area contributed by atoms with Crippen LogP contribution in [0.4, 0.5) is 47.3 Å². The first-order chi connectivity index (χ1) is 48.8. The predicted octanol–water partition coefficient (Wildman–Crippen LogP) is 15.1. The van der Waals surface area contributed by atoms with Gasteiger partial charge in [-0.1, -0.05) is 121 Å². The van der Waals surface area contributed by atoms with Crippen molar-refractivity contribution in [2.75, 3.05) is 124 Å². The van der Waals surface area contributed by atoms with Crippen LogP contribution in [0.3, 0.4) is 0 Å². The molecule has 25 heteroatoms. The molecular formula is C77H90Cl2F6N8O9. The molecule has 0 radical (unpaired) electrons. The highest BCUT2D eigenvalue weighted by molar-refractivity contribution is 6.42. The Morgan fingerprint density at radius 1 is 0.647 bits per heavy atom. The first kappa shape index (κ1) is 76.9. The summed E-state index contributed by atoms with van der Waals surface area (Å²) in [4.78, 5) is 77.7. The van der Waals surface area contributed by atoms with Crippen LogP contribution in [0.5, 0.6) is 0 Å². The lowest BCUT2D eigenvalue weighted by Crippen LogP contribution is -2.54. The lowest BCUT2D eigenvalue weighted by Gasteiger charge is -2.46. The minimum Gasteiger partial charge on any atom is -0.449 e. The van der Waals surface area contributed by atoms with Crippen molar-refractivity contribution < 1.29 is 69.3 Å². The number of anilines is 2. The fraction of sp³-hybridized carbons (Fsp3) is 0.468. The summed E-state index contributed by atoms with van der Waals surface area (Å²) in [6.07, 6.45) is -3.71. The van der Waals surface area contributed by atoms with Crippen molar-refractivity contribution in [3.8, 4) is 11.1 Å². The molecule has 1 spiro atoms. The minimum absolute atomic E-state index is 0.00538. The van der Waals surface area contributed by atoms with Crippen LogP contribution in [-0.4, -0.2) is 184 Å². The monoisotopic (exact) mass is 1450 g/mol. The number of hydrogen-bond acceptors (Lipinski definition) is 12. The highest BCUT2D eigenvalue weighted by Crippen LogP contribution is 2.49. The number of unbranched alkanes of at least 4 members (excludes halogenated alkanes) is 3. The maximum absolute atomic E-state index is 14.0. The van der Waals surface area contributed by atoms with Crippen molar-refractivity contribution in [2.45, 2.75) is 119 Å². The normalized spacial score (nSPS) is 18.0. The molecule has 2 atom stereocenters. The van der Waals surface area contributed by atoms with E-state index < -0.39 is 58.2 Å². The zero-order chi connectivity index (χ0) is 72.6. The number of likely N-dealkylation sites (tertiary alicyclic amines) is 2. The first-order valence-electron chi connectivity index (χ1n) is 35.0. The number of piperidine rings is 2. The van der Waals surface area contributed by atoms with Crippen molar-refractivity contribution in [3.63, 3.8) is 0 Å². The highest BCUT2D eigenvalue weighted by atomic mass is 35.5. The second-order valence-electron chi connectivity index (χ2n) is 27.2. The van der Waals surface area contributed by atoms with Gasteiger partial charge in [0.2, 0.25) is 11.8 Å². The van der Waals surface area contributed by atoms with Gasteiger partial charge in [0.05, 0.1) is 52.7 Å². The molecule has 1 aliphatic carbocycles. The quantitative estimate of drug-likeness (QED) is 0.0353. The Labute approximate surface area is 602 Å². The van der Waals surface area contributed by atoms with Crippen LogP contribution in [-0.2, 0) is 64.9 Å². The van der Waals surface area contributed by atoms with Gasteiger partial charge in [0.1, 0.15) is 18.3 Å². The van der Waals surface area contributed by atoms with E-state index in [1.54, 1.807) is 30.1 Å². The number of fused-ring (bicyclic) bond motifs is 2. The number of carbonyl (C=O) groups is 5. The Balaban J connectivity index is 0.588. The summed E-state index contributed by atoms with van der Waals surface area (Å²) in [6.45, 7) is 6.37. The zero-order valence-corrected chi connectivity index (χ0v) is 59.4. The number of alkyl halides is 6. The third-order valence-electron chi connectivity index (χ3n) is 20.2. The van der Waals surface area contributed by atoms with Gasteiger partial charge >= 0.3 is 24.5 Å². The SMILES string of the molecule is CN(CCCCCC(=O)N(C)CCN1CCC(OC(=O)Nc2ccccc2-c2ccccc2)CC1)Cc1ccc(NC(=O)OCCCCN(C)C(=O)CO[C@H]2Cc3ccccc3C23CCN(CC[C@]2(c4ccc(Cl)c(Cl)c4)CN(C(=O)c4cc(C(F)(F)F)cc(C(F)(F)F)c4)CCO2)CC3)cc1. The molecule has 17 nitrogen and oxygen atoms in total. The second kappa shape index (κ2) is 35.1. The number of para-hydroxylation sites is 1. The van der Waals surface area contributed by atoms with Crippen LogP contribution >= 0.6 is 23.2 Å². The molecule has 3 saturated heterocycles. The van der Waals surface area contributed by atoms with Gasteiger partial charge < -0.3 is 48.3 Å². The molecule has 0 aromatic heterocycles. The van der Waals surface area contributed by atoms with E-state index in [1.165, 1.54) is 10.5 Å². The topological polar surface area (TPSA) is 166 Å². The number of nitrogens with one attached hydrogen (secondary N) is 2. The third kappa shape index (κ3) is 20.6. The van der Waals surface area contributed by atoms with Crippen LogP contribution in [0, 0.1) is 0 Å². The Bertz CT molecular complexity index is 3790. The van der Waals surface area contributed by atoms with Crippen molar-refractivity contribution in [1.29, 1.82) is 0 Å². The van der Waals surface area contributed by atoms with Crippen LogP contribution in [0.15, 0.2) is 140 Å². The molecule has 2 N–H and O–H groups in total. The number of carbonyl (C=O) groups excluding carboxylic acids is 5. The number of hydrogen-bond donors (Lipinski definition) is 2. The van der Waals surface area contributed by atoms with Gasteiger partial charge in [-0.25, -0.2) is 9.59 Å². The molecule has 10 rings (SSSR count). The molecule has 0 unspecified atom stereocenters. The van der Waals surface area contributed by atoms with Gasteiger partial charge in [0.15, 0.2) is 0 Å². The van der Waals surface area contributed by atoms with Crippen LogP contribution < -0.4 is 10.6 Å². The molecule has 548 valence electrons. The van der Waals surface area contributed by atoms with E-state index in [4.69, 9.17) is 42.1 Å². The van der Waals surface area contributed by atoms with E-state index in [0.29, 0.717) is 100 Å². The lowest BCUT2D eigenvalue weighted by atomic mass is 9.72. The number of amides is 5. The molecular weight excluding hydrogens is 1370 g/mol. The fourth-order valence-electron chi connectivity index (χ4n) is 14.3. The van der Waals surface area contributed by atoms with E-state index in [-0.39, 0.29) is 79.5 Å². The number of benzene rings is 6. The largest absolute Gasteiger partial charge is 0.449 e. The molecule has 102 heavy (non-hydrogen) atoms. The molecule has 5 amide bonds. The van der Waals surface area contributed by atoms with Gasteiger partial charge in [0, 0.05) is 95.1 Å². The van der Waals surface area contributed by atoms with Gasteiger partial charge in [0.25, 0.3) is 5.91 Å². The average Bonchev–Trinajstić information content (AvgIpc) is 1.60. The molecule has 3 fully saturated rings. The number of nitrogens with zero attached hydrogens (tertiary/aromatic N) is 6. The molecule has 3 heterocycles. The Hall–Kier alpha value is -7.77. The summed E-state index contributed by atoms with van der Waals surface area (Å²) >= 11 is 12.8. The number of halogens is 8.